The van der Waals surface area contributed by atoms with Crippen LogP contribution in [0, 0.1) is 0 Å². The maximum atomic E-state index is 13.3. The average Bonchev–Trinajstić information content (AvgIpc) is 1.67. The van der Waals surface area contributed by atoms with Crippen molar-refractivity contribution >= 4 is 46.6 Å². The molecule has 2 aromatic heterocycles. The first kappa shape index (κ1) is 69.6. The molecule has 0 aliphatic carbocycles. The molecule has 1 saturated heterocycles. The number of imidazole rings is 1. The number of anilines is 1. The molecule has 11 N–H and O–H groups in total. The summed E-state index contributed by atoms with van der Waals surface area (Å²) in [7, 11) is 3.42. The van der Waals surface area contributed by atoms with E-state index in [9.17, 15) is 54.3 Å². The first-order valence-electron chi connectivity index (χ1n) is 29.1. The molecule has 0 radical (unpaired) electrons. The van der Waals surface area contributed by atoms with Gasteiger partial charge in [0.05, 0.1) is 38.4 Å². The van der Waals surface area contributed by atoms with E-state index in [-0.39, 0.29) is 50.7 Å². The summed E-state index contributed by atoms with van der Waals surface area (Å²) in [5.41, 5.74) is 5.33. The Morgan fingerprint density at radius 1 is 0.674 bits per heavy atom. The number of aryl methyl sites for hydroxylation is 1. The number of H-pyrrole nitrogens is 1. The minimum atomic E-state index is -1.53. The van der Waals surface area contributed by atoms with Crippen molar-refractivity contribution in [3.05, 3.63) is 118 Å². The van der Waals surface area contributed by atoms with Crippen molar-refractivity contribution in [2.24, 2.45) is 7.05 Å². The maximum absolute atomic E-state index is 13.3. The number of aliphatic hydroxyl groups is 2. The predicted octanol–water partition coefficient (Wildman–Crippen LogP) is 1.28. The van der Waals surface area contributed by atoms with Crippen LogP contribution in [0.2, 0.25) is 0 Å². The first-order valence-corrected chi connectivity index (χ1v) is 29.1. The summed E-state index contributed by atoms with van der Waals surface area (Å²) in [5.74, 6) is -3.21. The van der Waals surface area contributed by atoms with Crippen LogP contribution in [0.3, 0.4) is 0 Å². The van der Waals surface area contributed by atoms with Crippen LogP contribution in [-0.4, -0.2) is 240 Å². The summed E-state index contributed by atoms with van der Waals surface area (Å²) in [6, 6.07) is 20.6. The van der Waals surface area contributed by atoms with E-state index in [1.165, 1.54) is 11.8 Å². The van der Waals surface area contributed by atoms with Gasteiger partial charge in [-0.05, 0) is 65.8 Å². The molecule has 3 aromatic carbocycles. The topological polar surface area (TPSA) is 338 Å². The molecule has 0 spiro atoms. The number of carbonyl (C=O) groups is 5. The Kier molecular flexibility index (Phi) is 31.3. The lowest BCUT2D eigenvalue weighted by molar-refractivity contribution is -0.140. The quantitative estimate of drug-likeness (QED) is 0.0204. The standard InChI is InChI=1S/C38H45N7O6.C22H43N5O8/c1-45-25-32(35(46)31-13-8-28(20-34(31)45)23-44-38-40-15-16-41-38)36(47)43-24-33(37(48)49)42-22-27-6-11-30(12-7-27)29-9-4-26(5-10-29)21-39-14-3-17-51-19-18-50-2;1-2-13-35-14-3-4-23-19(28)15-24-5-7-25(16-20(29)30)9-11-27(18-22(33)34)12-10-26(8-6-24)17-21(31)32/h4-13,15-16,20,25,33,39,42H,3,14,17-19,21-24H2,1-2H3,(H,43,47)(H,48,49)(H2,40,41,44);20,29-30H,2-18H2,1H3,(H,23,28)(H,31,32)(H,33,34). The number of rotatable bonds is 34. The number of carboxylic acids is 3. The molecular formula is C60H88N12O14. The lowest BCUT2D eigenvalue weighted by atomic mass is 10.0. The normalized spacial score (nSPS) is 14.4. The van der Waals surface area contributed by atoms with E-state index in [4.69, 9.17) is 14.2 Å². The van der Waals surface area contributed by atoms with Gasteiger partial charge in [-0.2, -0.15) is 0 Å². The minimum Gasteiger partial charge on any atom is -0.480 e. The third kappa shape index (κ3) is 26.2. The zero-order valence-electron chi connectivity index (χ0n) is 49.7. The molecule has 1 aliphatic rings. The summed E-state index contributed by atoms with van der Waals surface area (Å²) < 4.78 is 17.6. The highest BCUT2D eigenvalue weighted by Gasteiger charge is 2.23. The van der Waals surface area contributed by atoms with Crippen LogP contribution >= 0.6 is 0 Å². The molecule has 1 fully saturated rings. The van der Waals surface area contributed by atoms with Gasteiger partial charge in [0, 0.05) is 150 Å². The Morgan fingerprint density at radius 2 is 1.24 bits per heavy atom. The molecular weight excluding hydrogens is 1110 g/mol. The third-order valence-electron chi connectivity index (χ3n) is 14.0. The minimum absolute atomic E-state index is 0.00382. The summed E-state index contributed by atoms with van der Waals surface area (Å²) in [4.78, 5) is 87.8. The second-order valence-electron chi connectivity index (χ2n) is 20.8. The van der Waals surface area contributed by atoms with Crippen LogP contribution < -0.4 is 32.0 Å². The van der Waals surface area contributed by atoms with Gasteiger partial charge in [-0.15, -0.1) is 0 Å². The third-order valence-corrected chi connectivity index (χ3v) is 14.0. The molecule has 0 bridgehead atoms. The zero-order valence-corrected chi connectivity index (χ0v) is 49.7. The fourth-order valence-corrected chi connectivity index (χ4v) is 9.29. The molecule has 26 heteroatoms. The Labute approximate surface area is 501 Å². The number of pyridine rings is 1. The van der Waals surface area contributed by atoms with Gasteiger partial charge >= 0.3 is 17.9 Å². The Hall–Kier alpha value is -7.21. The summed E-state index contributed by atoms with van der Waals surface area (Å²) >= 11 is 0. The van der Waals surface area contributed by atoms with Gasteiger partial charge in [-0.25, -0.2) is 4.98 Å². The number of hydrogen-bond acceptors (Lipinski definition) is 19. The van der Waals surface area contributed by atoms with Crippen molar-refractivity contribution in [3.8, 4) is 11.1 Å². The molecule has 1 unspecified atom stereocenters. The van der Waals surface area contributed by atoms with E-state index in [0.29, 0.717) is 122 Å². The molecule has 2 amide bonds. The molecule has 1 aliphatic heterocycles. The fourth-order valence-electron chi connectivity index (χ4n) is 9.29. The van der Waals surface area contributed by atoms with Crippen molar-refractivity contribution in [3.63, 3.8) is 0 Å². The number of aliphatic carboxylic acids is 3. The predicted molar refractivity (Wildman–Crippen MR) is 325 cm³/mol. The van der Waals surface area contributed by atoms with Crippen molar-refractivity contribution < 1.29 is 63.7 Å². The highest BCUT2D eigenvalue weighted by Crippen LogP contribution is 2.21. The number of aromatic nitrogens is 3. The molecule has 0 saturated carbocycles. The van der Waals surface area contributed by atoms with E-state index in [0.717, 1.165) is 48.2 Å². The number of methoxy groups -OCH3 is 1. The Balaban J connectivity index is 0.000000339. The van der Waals surface area contributed by atoms with Crippen molar-refractivity contribution in [2.75, 3.05) is 144 Å². The highest BCUT2D eigenvalue weighted by atomic mass is 16.5. The summed E-state index contributed by atoms with van der Waals surface area (Å²) in [6.45, 7) is 11.0. The molecule has 26 nitrogen and oxygen atoms in total. The van der Waals surface area contributed by atoms with Gasteiger partial charge in [-0.3, -0.25) is 53.7 Å². The SMILES string of the molecule is CCCOCCCNC(=O)CN1CCN(CC(=O)O)CCN(CC(=O)O)CCN(CC(O)O)CC1.COCCOCCCNCc1ccc(-c2ccc(CNC(CNC(=O)c3cn(C)c4cc(CNc5ncc[nH]5)ccc4c3=O)C(=O)O)cc2)cc1. The van der Waals surface area contributed by atoms with Crippen LogP contribution in [0.15, 0.2) is 90.1 Å². The summed E-state index contributed by atoms with van der Waals surface area (Å²) in [5, 5.41) is 62.8. The van der Waals surface area contributed by atoms with Gasteiger partial charge in [0.2, 0.25) is 11.3 Å². The molecule has 6 rings (SSSR count). The van der Waals surface area contributed by atoms with Crippen molar-refractivity contribution in [1.82, 2.24) is 55.4 Å². The number of benzene rings is 3. The van der Waals surface area contributed by atoms with Crippen molar-refractivity contribution in [1.29, 1.82) is 0 Å². The number of carbonyl (C=O) groups excluding carboxylic acids is 2. The van der Waals surface area contributed by atoms with Crippen LogP contribution in [0.25, 0.3) is 22.0 Å². The summed E-state index contributed by atoms with van der Waals surface area (Å²) in [6.07, 6.45) is 5.91. The zero-order chi connectivity index (χ0) is 62.1. The molecule has 1 atom stereocenters. The van der Waals surface area contributed by atoms with E-state index in [2.05, 4.69) is 60.8 Å². The lowest BCUT2D eigenvalue weighted by Crippen LogP contribution is -2.50. The van der Waals surface area contributed by atoms with E-state index in [1.807, 2.05) is 53.1 Å². The number of fused-ring (bicyclic) bond motifs is 1. The number of hydrogen-bond donors (Lipinski definition) is 11. The van der Waals surface area contributed by atoms with Crippen LogP contribution in [0.1, 0.15) is 53.2 Å². The number of nitrogens with one attached hydrogen (secondary N) is 6. The lowest BCUT2D eigenvalue weighted by Gasteiger charge is -2.33. The van der Waals surface area contributed by atoms with Crippen LogP contribution in [0.5, 0.6) is 0 Å². The highest BCUT2D eigenvalue weighted by molar-refractivity contribution is 5.97. The molecule has 472 valence electrons. The number of β-amino-alcohol motifs (C(OH)–C–C–N with tert-alkyl or cyclic N) is 2. The Bertz CT molecular complexity index is 2880. The molecule has 3 heterocycles. The van der Waals surface area contributed by atoms with Gasteiger partial charge in [0.25, 0.3) is 5.91 Å². The van der Waals surface area contributed by atoms with Crippen molar-refractivity contribution in [2.45, 2.75) is 58.2 Å². The monoisotopic (exact) mass is 1200 g/mol. The van der Waals surface area contributed by atoms with Gasteiger partial charge in [-0.1, -0.05) is 61.5 Å². The number of aromatic amines is 1. The van der Waals surface area contributed by atoms with E-state index in [1.54, 1.807) is 47.0 Å². The van der Waals surface area contributed by atoms with Crippen LogP contribution in [-0.2, 0) is 60.1 Å². The van der Waals surface area contributed by atoms with Gasteiger partial charge < -0.3 is 70.6 Å². The number of nitrogens with zero attached hydrogens (tertiary/aromatic N) is 6. The van der Waals surface area contributed by atoms with Gasteiger partial charge in [0.1, 0.15) is 11.6 Å². The first-order chi connectivity index (χ1) is 41.5. The Morgan fingerprint density at radius 3 is 1.80 bits per heavy atom. The second kappa shape index (κ2) is 38.8. The molecule has 5 aromatic rings. The number of carboxylic acid groups (broad SMARTS) is 3. The molecule has 86 heavy (non-hydrogen) atoms. The second-order valence-corrected chi connectivity index (χ2v) is 20.8. The van der Waals surface area contributed by atoms with E-state index < -0.39 is 41.6 Å². The largest absolute Gasteiger partial charge is 0.480 e. The maximum Gasteiger partial charge on any atom is 0.322 e. The van der Waals surface area contributed by atoms with Gasteiger partial charge in [0.15, 0.2) is 12.2 Å². The van der Waals surface area contributed by atoms with Crippen LogP contribution in [0.4, 0.5) is 5.95 Å². The number of aliphatic hydroxyl groups excluding tert-OH is 1. The smallest absolute Gasteiger partial charge is 0.322 e. The fraction of sp³-hybridized carbons (Fsp3) is 0.517. The van der Waals surface area contributed by atoms with E-state index >= 15 is 0 Å². The average molecular weight is 1200 g/mol. The number of ether oxygens (including phenoxy) is 3. The number of amides is 2.